The fraction of sp³-hybridized carbons (Fsp3) is 1.00. The Labute approximate surface area is 43.5 Å². The van der Waals surface area contributed by atoms with E-state index in [1.54, 1.807) is 0 Å². The molecule has 0 N–H and O–H groups in total. The SMILES string of the molecule is C.CC(C)C.[B]. The van der Waals surface area contributed by atoms with E-state index < -0.39 is 0 Å². The summed E-state index contributed by atoms with van der Waals surface area (Å²) >= 11 is 0. The molecule has 3 radical (unpaired) electrons. The highest BCUT2D eigenvalue weighted by Gasteiger charge is 1.68. The van der Waals surface area contributed by atoms with Crippen LogP contribution in [0, 0.1) is 5.92 Å². The predicted octanol–water partition coefficient (Wildman–Crippen LogP) is 1.92. The van der Waals surface area contributed by atoms with Crippen LogP contribution in [0.15, 0.2) is 0 Å². The molecule has 0 saturated carbocycles. The molecule has 1 heteroatoms. The molecule has 0 aromatic rings. The van der Waals surface area contributed by atoms with Gasteiger partial charge in [-0.05, 0) is 5.92 Å². The topological polar surface area (TPSA) is 0 Å². The third kappa shape index (κ3) is 9060. The van der Waals surface area contributed by atoms with E-state index in [4.69, 9.17) is 0 Å². The molecule has 0 amide bonds. The molecule has 0 aromatic carbocycles. The Morgan fingerprint density at radius 1 is 1.00 bits per heavy atom. The summed E-state index contributed by atoms with van der Waals surface area (Å²) in [6.45, 7) is 6.50. The lowest BCUT2D eigenvalue weighted by Gasteiger charge is -1.79. The second-order valence-corrected chi connectivity index (χ2v) is 1.73. The first-order valence-electron chi connectivity index (χ1n) is 1.73. The van der Waals surface area contributed by atoms with Gasteiger partial charge in [-0.1, -0.05) is 28.2 Å². The van der Waals surface area contributed by atoms with E-state index in [1.165, 1.54) is 0 Å². The molecule has 0 unspecified atom stereocenters. The Bertz CT molecular complexity index is 8.66. The standard InChI is InChI=1S/C4H10.CH4.B/c1-4(2)3;;/h4H,1-3H3;1H4;. The molecule has 0 rings (SSSR count). The Morgan fingerprint density at radius 2 is 1.00 bits per heavy atom. The lowest BCUT2D eigenvalue weighted by Crippen LogP contribution is -1.66. The minimum atomic E-state index is 0. The zero-order chi connectivity index (χ0) is 3.58. The van der Waals surface area contributed by atoms with Crippen molar-refractivity contribution in [1.82, 2.24) is 0 Å². The molecule has 0 aliphatic heterocycles. The maximum Gasteiger partial charge on any atom is 0 e. The summed E-state index contributed by atoms with van der Waals surface area (Å²) < 4.78 is 0. The number of hydrogen-bond acceptors (Lipinski definition) is 0. The molecule has 6 heavy (non-hydrogen) atoms. The Morgan fingerprint density at radius 3 is 1.00 bits per heavy atom. The van der Waals surface area contributed by atoms with Gasteiger partial charge in [-0.15, -0.1) is 0 Å². The third-order valence-electron chi connectivity index (χ3n) is 0. The van der Waals surface area contributed by atoms with Crippen LogP contribution < -0.4 is 0 Å². The van der Waals surface area contributed by atoms with Crippen LogP contribution in [-0.4, -0.2) is 8.41 Å². The van der Waals surface area contributed by atoms with Gasteiger partial charge in [0, 0.05) is 8.41 Å². The fourth-order valence-electron chi connectivity index (χ4n) is 0. The molecule has 37 valence electrons. The van der Waals surface area contributed by atoms with E-state index in [0.29, 0.717) is 0 Å². The average molecular weight is 85.0 g/mol. The molecule has 0 nitrogen and oxygen atoms in total. The lowest BCUT2D eigenvalue weighted by molar-refractivity contribution is 0.737. The van der Waals surface area contributed by atoms with Gasteiger partial charge in [-0.2, -0.15) is 0 Å². The van der Waals surface area contributed by atoms with Crippen molar-refractivity contribution in [3.05, 3.63) is 0 Å². The molecule has 0 aliphatic rings. The normalized spacial score (nSPS) is 6.00. The lowest BCUT2D eigenvalue weighted by atomic mass is 10.3. The van der Waals surface area contributed by atoms with Gasteiger partial charge >= 0.3 is 0 Å². The monoisotopic (exact) mass is 85.1 g/mol. The largest absolute Gasteiger partial charge is 0.0776 e. The van der Waals surface area contributed by atoms with Crippen molar-refractivity contribution < 1.29 is 0 Å². The van der Waals surface area contributed by atoms with Crippen LogP contribution in [-0.2, 0) is 0 Å². The molecule has 0 fully saturated rings. The smallest absolute Gasteiger partial charge is 0 e. The summed E-state index contributed by atoms with van der Waals surface area (Å²) in [7, 11) is 0. The van der Waals surface area contributed by atoms with Gasteiger partial charge in [-0.3, -0.25) is 0 Å². The van der Waals surface area contributed by atoms with Gasteiger partial charge in [0.25, 0.3) is 0 Å². The van der Waals surface area contributed by atoms with Gasteiger partial charge in [0.2, 0.25) is 0 Å². The van der Waals surface area contributed by atoms with Crippen molar-refractivity contribution in [2.45, 2.75) is 28.2 Å². The van der Waals surface area contributed by atoms with Crippen molar-refractivity contribution in [3.8, 4) is 0 Å². The third-order valence-corrected chi connectivity index (χ3v) is 0. The highest BCUT2D eigenvalue weighted by Crippen LogP contribution is 1.81. The minimum Gasteiger partial charge on any atom is -0.0776 e. The van der Waals surface area contributed by atoms with E-state index in [2.05, 4.69) is 20.8 Å². The minimum absolute atomic E-state index is 0. The maximum atomic E-state index is 2.17. The summed E-state index contributed by atoms with van der Waals surface area (Å²) in [4.78, 5) is 0. The van der Waals surface area contributed by atoms with Gasteiger partial charge in [0.1, 0.15) is 0 Å². The second kappa shape index (κ2) is 8.91. The van der Waals surface area contributed by atoms with Gasteiger partial charge in [0.15, 0.2) is 0 Å². The van der Waals surface area contributed by atoms with Crippen molar-refractivity contribution >= 4 is 8.41 Å². The molecule has 0 bridgehead atoms. The molecule has 0 spiro atoms. The number of rotatable bonds is 0. The Hall–Kier alpha value is 0.0649. The molecule has 0 aliphatic carbocycles. The van der Waals surface area contributed by atoms with Gasteiger partial charge in [-0.25, -0.2) is 0 Å². The highest BCUT2D eigenvalue weighted by molar-refractivity contribution is 5.75. The van der Waals surface area contributed by atoms with Crippen LogP contribution in [0.3, 0.4) is 0 Å². The molecule has 0 aromatic heterocycles. The highest BCUT2D eigenvalue weighted by atomic mass is 13.7. The maximum absolute atomic E-state index is 2.17. The van der Waals surface area contributed by atoms with Crippen LogP contribution in [0.1, 0.15) is 28.2 Å². The quantitative estimate of drug-likeness (QED) is 0.394. The second-order valence-electron chi connectivity index (χ2n) is 1.73. The summed E-state index contributed by atoms with van der Waals surface area (Å²) in [6, 6.07) is 0. The van der Waals surface area contributed by atoms with E-state index in [9.17, 15) is 0 Å². The van der Waals surface area contributed by atoms with E-state index in [0.717, 1.165) is 5.92 Å². The first-order chi connectivity index (χ1) is 1.73. The Kier molecular flexibility index (Phi) is 24.6. The molecule has 0 heterocycles. The van der Waals surface area contributed by atoms with Crippen molar-refractivity contribution in [2.24, 2.45) is 5.92 Å². The predicted molar refractivity (Wildman–Crippen MR) is 33.0 cm³/mol. The summed E-state index contributed by atoms with van der Waals surface area (Å²) in [5.41, 5.74) is 0. The van der Waals surface area contributed by atoms with E-state index in [1.807, 2.05) is 0 Å². The molecule has 0 atom stereocenters. The van der Waals surface area contributed by atoms with E-state index >= 15 is 0 Å². The van der Waals surface area contributed by atoms with Crippen LogP contribution in [0.2, 0.25) is 0 Å². The summed E-state index contributed by atoms with van der Waals surface area (Å²) in [6.07, 6.45) is 0. The number of hydrogen-bond donors (Lipinski definition) is 0. The molecular weight excluding hydrogens is 70.9 g/mol. The summed E-state index contributed by atoms with van der Waals surface area (Å²) in [5.74, 6) is 0.833. The van der Waals surface area contributed by atoms with Crippen molar-refractivity contribution in [1.29, 1.82) is 0 Å². The van der Waals surface area contributed by atoms with Gasteiger partial charge < -0.3 is 0 Å². The molecular formula is C5H14B. The Balaban J connectivity index is -0.0000000450. The molecule has 0 saturated heterocycles. The van der Waals surface area contributed by atoms with Crippen LogP contribution in [0.5, 0.6) is 0 Å². The van der Waals surface area contributed by atoms with E-state index in [-0.39, 0.29) is 15.8 Å². The van der Waals surface area contributed by atoms with Crippen molar-refractivity contribution in [2.75, 3.05) is 0 Å². The zero-order valence-electron chi connectivity index (χ0n) is 4.15. The van der Waals surface area contributed by atoms with Crippen LogP contribution in [0.4, 0.5) is 0 Å². The summed E-state index contributed by atoms with van der Waals surface area (Å²) in [5, 5.41) is 0. The average Bonchev–Trinajstić information content (AvgIpc) is 0.811. The van der Waals surface area contributed by atoms with Crippen molar-refractivity contribution in [3.63, 3.8) is 0 Å². The first kappa shape index (κ1) is 16.6. The van der Waals surface area contributed by atoms with Crippen LogP contribution >= 0.6 is 0 Å². The first-order valence-corrected chi connectivity index (χ1v) is 1.73. The van der Waals surface area contributed by atoms with Crippen LogP contribution in [0.25, 0.3) is 0 Å². The zero-order valence-corrected chi connectivity index (χ0v) is 4.15. The van der Waals surface area contributed by atoms with Gasteiger partial charge in [0.05, 0.1) is 0 Å². The fourth-order valence-corrected chi connectivity index (χ4v) is 0.